The number of nitrogens with two attached hydrogens (primary N) is 1. The fourth-order valence-electron chi connectivity index (χ4n) is 1.01. The first kappa shape index (κ1) is 11.3. The largest absolute Gasteiger partial charge is 0.397 e. The van der Waals surface area contributed by atoms with Crippen LogP contribution in [0.4, 0.5) is 11.4 Å². The fraction of sp³-hybridized carbons (Fsp3) is 0.400. The Kier molecular flexibility index (Phi) is 3.39. The van der Waals surface area contributed by atoms with Gasteiger partial charge in [-0.25, -0.2) is 0 Å². The first-order valence-corrected chi connectivity index (χ1v) is 5.19. The van der Waals surface area contributed by atoms with Gasteiger partial charge in [-0.15, -0.1) is 0 Å². The molecule has 4 heteroatoms. The van der Waals surface area contributed by atoms with Gasteiger partial charge >= 0.3 is 0 Å². The molecule has 3 nitrogen and oxygen atoms in total. The van der Waals surface area contributed by atoms with Crippen LogP contribution in [0.2, 0.25) is 0 Å². The Morgan fingerprint density at radius 3 is 2.64 bits per heavy atom. The zero-order valence-electron chi connectivity index (χ0n) is 8.34. The lowest BCUT2D eigenvalue weighted by Crippen LogP contribution is -2.29. The summed E-state index contributed by atoms with van der Waals surface area (Å²) in [7, 11) is 0. The van der Waals surface area contributed by atoms with Gasteiger partial charge in [-0.05, 0) is 32.0 Å². The SMILES string of the molecule is CC(C)(O)CNc1ccc(Br)cc1N. The van der Waals surface area contributed by atoms with E-state index in [2.05, 4.69) is 21.2 Å². The second kappa shape index (κ2) is 4.19. The highest BCUT2D eigenvalue weighted by Gasteiger charge is 2.12. The monoisotopic (exact) mass is 258 g/mol. The standard InChI is InChI=1S/C10H15BrN2O/c1-10(2,14)6-13-9-4-3-7(11)5-8(9)12/h3-5,13-14H,6,12H2,1-2H3. The van der Waals surface area contributed by atoms with E-state index in [1.807, 2.05) is 18.2 Å². The van der Waals surface area contributed by atoms with Gasteiger partial charge in [0, 0.05) is 11.0 Å². The van der Waals surface area contributed by atoms with Crippen LogP contribution in [-0.2, 0) is 0 Å². The molecule has 0 amide bonds. The van der Waals surface area contributed by atoms with Gasteiger partial charge in [-0.1, -0.05) is 15.9 Å². The Hall–Kier alpha value is -0.740. The lowest BCUT2D eigenvalue weighted by Gasteiger charge is -2.19. The van der Waals surface area contributed by atoms with E-state index in [9.17, 15) is 5.11 Å². The minimum absolute atomic E-state index is 0.471. The molecule has 1 aromatic rings. The van der Waals surface area contributed by atoms with Gasteiger partial charge in [0.15, 0.2) is 0 Å². The van der Waals surface area contributed by atoms with Gasteiger partial charge in [0.1, 0.15) is 0 Å². The van der Waals surface area contributed by atoms with Gasteiger partial charge in [0.05, 0.1) is 17.0 Å². The van der Waals surface area contributed by atoms with Crippen LogP contribution in [0, 0.1) is 0 Å². The maximum atomic E-state index is 9.51. The summed E-state index contributed by atoms with van der Waals surface area (Å²) in [4.78, 5) is 0. The number of nitrogens with one attached hydrogen (secondary N) is 1. The number of hydrogen-bond acceptors (Lipinski definition) is 3. The van der Waals surface area contributed by atoms with E-state index in [-0.39, 0.29) is 0 Å². The second-order valence-corrected chi connectivity index (χ2v) is 4.81. The Labute approximate surface area is 92.4 Å². The number of aliphatic hydroxyl groups is 1. The number of nitrogen functional groups attached to an aromatic ring is 1. The minimum atomic E-state index is -0.737. The van der Waals surface area contributed by atoms with Crippen molar-refractivity contribution in [2.45, 2.75) is 19.4 Å². The molecule has 0 atom stereocenters. The van der Waals surface area contributed by atoms with Crippen LogP contribution in [0.5, 0.6) is 0 Å². The molecule has 0 unspecified atom stereocenters. The van der Waals surface area contributed by atoms with Gasteiger partial charge in [-0.2, -0.15) is 0 Å². The molecule has 0 heterocycles. The lowest BCUT2D eigenvalue weighted by molar-refractivity contribution is 0.0945. The van der Waals surface area contributed by atoms with Crippen LogP contribution in [0.3, 0.4) is 0 Å². The third-order valence-electron chi connectivity index (χ3n) is 1.73. The van der Waals surface area contributed by atoms with Crippen molar-refractivity contribution in [1.29, 1.82) is 0 Å². The van der Waals surface area contributed by atoms with Crippen LogP contribution in [-0.4, -0.2) is 17.3 Å². The molecule has 1 aromatic carbocycles. The summed E-state index contributed by atoms with van der Waals surface area (Å²) in [5.41, 5.74) is 6.55. The molecule has 0 aromatic heterocycles. The van der Waals surface area contributed by atoms with Crippen LogP contribution < -0.4 is 11.1 Å². The van der Waals surface area contributed by atoms with Crippen LogP contribution in [0.15, 0.2) is 22.7 Å². The highest BCUT2D eigenvalue weighted by Crippen LogP contribution is 2.23. The average Bonchev–Trinajstić information content (AvgIpc) is 2.00. The van der Waals surface area contributed by atoms with E-state index in [1.54, 1.807) is 13.8 Å². The van der Waals surface area contributed by atoms with Crippen molar-refractivity contribution >= 4 is 27.3 Å². The van der Waals surface area contributed by atoms with Crippen molar-refractivity contribution in [3.63, 3.8) is 0 Å². The van der Waals surface area contributed by atoms with Crippen molar-refractivity contribution in [3.8, 4) is 0 Å². The zero-order valence-corrected chi connectivity index (χ0v) is 9.93. The smallest absolute Gasteiger partial charge is 0.0763 e. The van der Waals surface area contributed by atoms with Crippen LogP contribution in [0.1, 0.15) is 13.8 Å². The van der Waals surface area contributed by atoms with Crippen molar-refractivity contribution < 1.29 is 5.11 Å². The van der Waals surface area contributed by atoms with Gasteiger partial charge in [0.25, 0.3) is 0 Å². The molecule has 14 heavy (non-hydrogen) atoms. The van der Waals surface area contributed by atoms with E-state index in [0.29, 0.717) is 12.2 Å². The molecule has 4 N–H and O–H groups in total. The van der Waals surface area contributed by atoms with E-state index in [1.165, 1.54) is 0 Å². The maximum absolute atomic E-state index is 9.51. The normalized spacial score (nSPS) is 11.4. The fourth-order valence-corrected chi connectivity index (χ4v) is 1.38. The molecule has 0 radical (unpaired) electrons. The third kappa shape index (κ3) is 3.55. The number of rotatable bonds is 3. The lowest BCUT2D eigenvalue weighted by atomic mass is 10.1. The number of halogens is 1. The Bertz CT molecular complexity index is 320. The summed E-state index contributed by atoms with van der Waals surface area (Å²) < 4.78 is 0.948. The molecule has 0 spiro atoms. The van der Waals surface area contributed by atoms with Crippen molar-refractivity contribution in [1.82, 2.24) is 0 Å². The summed E-state index contributed by atoms with van der Waals surface area (Å²) in [5, 5.41) is 12.6. The Morgan fingerprint density at radius 1 is 1.50 bits per heavy atom. The molecular weight excluding hydrogens is 244 g/mol. The van der Waals surface area contributed by atoms with E-state index in [4.69, 9.17) is 5.73 Å². The molecule has 78 valence electrons. The Balaban J connectivity index is 2.68. The molecule has 0 bridgehead atoms. The first-order chi connectivity index (χ1) is 6.38. The first-order valence-electron chi connectivity index (χ1n) is 4.40. The van der Waals surface area contributed by atoms with Crippen molar-refractivity contribution in [2.75, 3.05) is 17.6 Å². The van der Waals surface area contributed by atoms with Crippen molar-refractivity contribution in [2.24, 2.45) is 0 Å². The van der Waals surface area contributed by atoms with E-state index in [0.717, 1.165) is 10.2 Å². The number of benzene rings is 1. The molecule has 1 rings (SSSR count). The highest BCUT2D eigenvalue weighted by molar-refractivity contribution is 9.10. The highest BCUT2D eigenvalue weighted by atomic mass is 79.9. The number of hydrogen-bond donors (Lipinski definition) is 3. The molecule has 0 fully saturated rings. The molecule has 0 aliphatic carbocycles. The van der Waals surface area contributed by atoms with Gasteiger partial charge in [0.2, 0.25) is 0 Å². The predicted octanol–water partition coefficient (Wildman–Crippen LogP) is 2.21. The topological polar surface area (TPSA) is 58.3 Å². The zero-order chi connectivity index (χ0) is 10.8. The maximum Gasteiger partial charge on any atom is 0.0763 e. The van der Waals surface area contributed by atoms with E-state index < -0.39 is 5.60 Å². The predicted molar refractivity (Wildman–Crippen MR) is 63.3 cm³/mol. The summed E-state index contributed by atoms with van der Waals surface area (Å²) in [6.07, 6.45) is 0. The van der Waals surface area contributed by atoms with Crippen LogP contribution >= 0.6 is 15.9 Å². The average molecular weight is 259 g/mol. The quantitative estimate of drug-likeness (QED) is 0.729. The van der Waals surface area contributed by atoms with Gasteiger partial charge < -0.3 is 16.2 Å². The molecule has 0 saturated carbocycles. The summed E-state index contributed by atoms with van der Waals surface area (Å²) in [6.45, 7) is 3.96. The third-order valence-corrected chi connectivity index (χ3v) is 2.22. The minimum Gasteiger partial charge on any atom is -0.397 e. The summed E-state index contributed by atoms with van der Waals surface area (Å²) in [6, 6.07) is 5.61. The summed E-state index contributed by atoms with van der Waals surface area (Å²) >= 11 is 3.33. The van der Waals surface area contributed by atoms with Crippen molar-refractivity contribution in [3.05, 3.63) is 22.7 Å². The summed E-state index contributed by atoms with van der Waals surface area (Å²) in [5.74, 6) is 0. The Morgan fingerprint density at radius 2 is 2.14 bits per heavy atom. The van der Waals surface area contributed by atoms with Crippen LogP contribution in [0.25, 0.3) is 0 Å². The van der Waals surface area contributed by atoms with Gasteiger partial charge in [-0.3, -0.25) is 0 Å². The second-order valence-electron chi connectivity index (χ2n) is 3.90. The number of anilines is 2. The van der Waals surface area contributed by atoms with E-state index >= 15 is 0 Å². The molecule has 0 aliphatic heterocycles. The molecule has 0 aliphatic rings. The molecule has 0 saturated heterocycles. The molecular formula is C10H15BrN2O.